The van der Waals surface area contributed by atoms with E-state index in [2.05, 4.69) is 29.2 Å². The summed E-state index contributed by atoms with van der Waals surface area (Å²) < 4.78 is 11.2. The predicted molar refractivity (Wildman–Crippen MR) is 83.5 cm³/mol. The SMILES string of the molecule is [c]1cccc(-c2cccc(OCCN3CCOCC3)c2)c1. The Morgan fingerprint density at radius 1 is 1.10 bits per heavy atom. The highest BCUT2D eigenvalue weighted by Crippen LogP contribution is 2.23. The first kappa shape index (κ1) is 14.1. The molecule has 1 saturated heterocycles. The molecule has 0 saturated carbocycles. The van der Waals surface area contributed by atoms with E-state index in [1.807, 2.05) is 30.3 Å². The van der Waals surface area contributed by atoms with E-state index < -0.39 is 0 Å². The molecule has 3 heteroatoms. The Balaban J connectivity index is 1.56. The third-order valence-electron chi connectivity index (χ3n) is 3.65. The summed E-state index contributed by atoms with van der Waals surface area (Å²) in [4.78, 5) is 2.37. The fourth-order valence-corrected chi connectivity index (χ4v) is 2.46. The lowest BCUT2D eigenvalue weighted by Gasteiger charge is -2.26. The van der Waals surface area contributed by atoms with Gasteiger partial charge in [-0.05, 0) is 35.4 Å². The molecule has 21 heavy (non-hydrogen) atoms. The van der Waals surface area contributed by atoms with E-state index in [9.17, 15) is 0 Å². The molecule has 1 fully saturated rings. The number of rotatable bonds is 5. The largest absolute Gasteiger partial charge is 0.492 e. The van der Waals surface area contributed by atoms with Crippen LogP contribution in [0.1, 0.15) is 0 Å². The van der Waals surface area contributed by atoms with Gasteiger partial charge in [0, 0.05) is 19.6 Å². The second kappa shape index (κ2) is 7.25. The Morgan fingerprint density at radius 3 is 2.76 bits per heavy atom. The second-order valence-electron chi connectivity index (χ2n) is 5.12. The topological polar surface area (TPSA) is 21.7 Å². The van der Waals surface area contributed by atoms with Crippen molar-refractivity contribution >= 4 is 0 Å². The van der Waals surface area contributed by atoms with Crippen LogP contribution in [-0.2, 0) is 4.74 Å². The summed E-state index contributed by atoms with van der Waals surface area (Å²) in [6.45, 7) is 5.34. The summed E-state index contributed by atoms with van der Waals surface area (Å²) in [5.41, 5.74) is 2.33. The van der Waals surface area contributed by atoms with Crippen LogP contribution in [0.4, 0.5) is 0 Å². The van der Waals surface area contributed by atoms with Crippen molar-refractivity contribution in [2.24, 2.45) is 0 Å². The third-order valence-corrected chi connectivity index (χ3v) is 3.65. The summed E-state index contributed by atoms with van der Waals surface area (Å²) in [7, 11) is 0. The van der Waals surface area contributed by atoms with Gasteiger partial charge in [-0.1, -0.05) is 30.3 Å². The molecule has 0 aliphatic carbocycles. The van der Waals surface area contributed by atoms with Gasteiger partial charge in [0.1, 0.15) is 12.4 Å². The Kier molecular flexibility index (Phi) is 4.87. The molecule has 1 heterocycles. The molecule has 0 N–H and O–H groups in total. The Morgan fingerprint density at radius 2 is 1.95 bits per heavy atom. The predicted octanol–water partition coefficient (Wildman–Crippen LogP) is 2.86. The van der Waals surface area contributed by atoms with Crippen molar-refractivity contribution in [2.75, 3.05) is 39.5 Å². The monoisotopic (exact) mass is 282 g/mol. The van der Waals surface area contributed by atoms with Gasteiger partial charge >= 0.3 is 0 Å². The maximum Gasteiger partial charge on any atom is 0.119 e. The molecule has 3 rings (SSSR count). The maximum absolute atomic E-state index is 5.88. The van der Waals surface area contributed by atoms with Crippen molar-refractivity contribution in [1.82, 2.24) is 4.90 Å². The van der Waals surface area contributed by atoms with E-state index in [4.69, 9.17) is 9.47 Å². The third kappa shape index (κ3) is 4.06. The zero-order valence-electron chi connectivity index (χ0n) is 12.1. The lowest BCUT2D eigenvalue weighted by molar-refractivity contribution is 0.0322. The molecule has 0 atom stereocenters. The molecule has 0 spiro atoms. The standard InChI is InChI=1S/C18H20NO2/c1-2-5-16(6-3-1)17-7-4-8-18(15-17)21-14-11-19-9-12-20-13-10-19/h1-2,4-8,15H,9-14H2. The number of hydrogen-bond acceptors (Lipinski definition) is 3. The molecule has 1 aliphatic heterocycles. The highest BCUT2D eigenvalue weighted by Gasteiger charge is 2.09. The van der Waals surface area contributed by atoms with Gasteiger partial charge in [0.15, 0.2) is 0 Å². The first-order valence-corrected chi connectivity index (χ1v) is 7.41. The van der Waals surface area contributed by atoms with E-state index in [1.165, 1.54) is 0 Å². The van der Waals surface area contributed by atoms with Gasteiger partial charge in [-0.3, -0.25) is 4.90 Å². The Hall–Kier alpha value is -1.84. The number of morpholine rings is 1. The van der Waals surface area contributed by atoms with Crippen molar-refractivity contribution in [2.45, 2.75) is 0 Å². The maximum atomic E-state index is 5.88. The lowest BCUT2D eigenvalue weighted by Crippen LogP contribution is -2.38. The molecular weight excluding hydrogens is 262 g/mol. The first-order valence-electron chi connectivity index (χ1n) is 7.41. The Labute approximate surface area is 126 Å². The van der Waals surface area contributed by atoms with E-state index in [1.54, 1.807) is 0 Å². The second-order valence-corrected chi connectivity index (χ2v) is 5.12. The van der Waals surface area contributed by atoms with Crippen LogP contribution in [0.15, 0.2) is 48.5 Å². The van der Waals surface area contributed by atoms with Crippen LogP contribution >= 0.6 is 0 Å². The van der Waals surface area contributed by atoms with Crippen LogP contribution in [0, 0.1) is 6.07 Å². The van der Waals surface area contributed by atoms with Crippen LogP contribution in [0.5, 0.6) is 5.75 Å². The number of hydrogen-bond donors (Lipinski definition) is 0. The summed E-state index contributed by atoms with van der Waals surface area (Å²) in [5, 5.41) is 0. The fraction of sp³-hybridized carbons (Fsp3) is 0.333. The van der Waals surface area contributed by atoms with Crippen LogP contribution in [0.2, 0.25) is 0 Å². The Bertz CT molecular complexity index is 550. The van der Waals surface area contributed by atoms with E-state index >= 15 is 0 Å². The molecule has 1 radical (unpaired) electrons. The van der Waals surface area contributed by atoms with Crippen LogP contribution < -0.4 is 4.74 Å². The fourth-order valence-electron chi connectivity index (χ4n) is 2.46. The van der Waals surface area contributed by atoms with Gasteiger partial charge in [-0.25, -0.2) is 0 Å². The zero-order valence-corrected chi connectivity index (χ0v) is 12.1. The van der Waals surface area contributed by atoms with E-state index in [0.717, 1.165) is 49.7 Å². The van der Waals surface area contributed by atoms with Gasteiger partial charge < -0.3 is 9.47 Å². The van der Waals surface area contributed by atoms with Crippen LogP contribution in [-0.4, -0.2) is 44.4 Å². The van der Waals surface area contributed by atoms with Crippen molar-refractivity contribution in [3.8, 4) is 16.9 Å². The molecule has 0 unspecified atom stereocenters. The summed E-state index contributed by atoms with van der Waals surface area (Å²) >= 11 is 0. The number of nitrogens with zero attached hydrogens (tertiary/aromatic N) is 1. The quantitative estimate of drug-likeness (QED) is 0.841. The highest BCUT2D eigenvalue weighted by atomic mass is 16.5. The molecule has 3 nitrogen and oxygen atoms in total. The molecule has 109 valence electrons. The first-order chi connectivity index (χ1) is 10.4. The average molecular weight is 282 g/mol. The average Bonchev–Trinajstić information content (AvgIpc) is 2.57. The minimum absolute atomic E-state index is 0.713. The van der Waals surface area contributed by atoms with Crippen molar-refractivity contribution in [1.29, 1.82) is 0 Å². The van der Waals surface area contributed by atoms with Crippen molar-refractivity contribution < 1.29 is 9.47 Å². The highest BCUT2D eigenvalue weighted by molar-refractivity contribution is 5.64. The molecule has 0 amide bonds. The van der Waals surface area contributed by atoms with Crippen molar-refractivity contribution in [3.05, 3.63) is 54.6 Å². The van der Waals surface area contributed by atoms with E-state index in [0.29, 0.717) is 6.61 Å². The van der Waals surface area contributed by atoms with Crippen molar-refractivity contribution in [3.63, 3.8) is 0 Å². The lowest BCUT2D eigenvalue weighted by atomic mass is 10.1. The minimum Gasteiger partial charge on any atom is -0.492 e. The van der Waals surface area contributed by atoms with Crippen LogP contribution in [0.3, 0.4) is 0 Å². The molecule has 2 aromatic carbocycles. The number of ether oxygens (including phenoxy) is 2. The molecule has 1 aliphatic rings. The van der Waals surface area contributed by atoms with Gasteiger partial charge in [0.2, 0.25) is 0 Å². The number of benzene rings is 2. The summed E-state index contributed by atoms with van der Waals surface area (Å²) in [6, 6.07) is 19.3. The molecule has 2 aromatic rings. The normalized spacial score (nSPS) is 15.8. The van der Waals surface area contributed by atoms with Gasteiger partial charge in [0.05, 0.1) is 13.2 Å². The molecular formula is C18H20NO2. The summed E-state index contributed by atoms with van der Waals surface area (Å²) in [6.07, 6.45) is 0. The summed E-state index contributed by atoms with van der Waals surface area (Å²) in [5.74, 6) is 0.921. The minimum atomic E-state index is 0.713. The van der Waals surface area contributed by atoms with Gasteiger partial charge in [0.25, 0.3) is 0 Å². The van der Waals surface area contributed by atoms with Crippen LogP contribution in [0.25, 0.3) is 11.1 Å². The zero-order chi connectivity index (χ0) is 14.3. The van der Waals surface area contributed by atoms with E-state index in [-0.39, 0.29) is 0 Å². The van der Waals surface area contributed by atoms with Gasteiger partial charge in [-0.2, -0.15) is 0 Å². The molecule has 0 aromatic heterocycles. The smallest absolute Gasteiger partial charge is 0.119 e. The molecule has 0 bridgehead atoms. The van der Waals surface area contributed by atoms with Gasteiger partial charge in [-0.15, -0.1) is 0 Å².